The van der Waals surface area contributed by atoms with Gasteiger partial charge in [-0.3, -0.25) is 9.59 Å². The van der Waals surface area contributed by atoms with Crippen molar-refractivity contribution >= 4 is 29.1 Å². The maximum absolute atomic E-state index is 12.8. The van der Waals surface area contributed by atoms with Crippen LogP contribution in [0, 0.1) is 6.92 Å². The van der Waals surface area contributed by atoms with Crippen LogP contribution in [-0.4, -0.2) is 41.3 Å². The van der Waals surface area contributed by atoms with Gasteiger partial charge in [0.15, 0.2) is 0 Å². The van der Waals surface area contributed by atoms with E-state index in [9.17, 15) is 4.79 Å². The highest BCUT2D eigenvalue weighted by Crippen LogP contribution is 2.26. The third kappa shape index (κ3) is 6.23. The lowest BCUT2D eigenvalue weighted by atomic mass is 10.1. The molecule has 1 aliphatic rings. The van der Waals surface area contributed by atoms with E-state index in [4.69, 9.17) is 14.9 Å². The Morgan fingerprint density at radius 1 is 1.07 bits per heavy atom. The van der Waals surface area contributed by atoms with Crippen LogP contribution in [-0.2, 0) is 4.79 Å². The summed E-state index contributed by atoms with van der Waals surface area (Å²) in [5, 5.41) is 10.4. The van der Waals surface area contributed by atoms with Crippen LogP contribution in [0.4, 0.5) is 11.4 Å². The Labute approximate surface area is 165 Å². The molecule has 0 bridgehead atoms. The number of hydrogen-bond acceptors (Lipinski definition) is 3. The lowest BCUT2D eigenvalue weighted by molar-refractivity contribution is -0.134. The number of nitrogens with zero attached hydrogens (tertiary/aromatic N) is 2. The summed E-state index contributed by atoms with van der Waals surface area (Å²) in [6, 6.07) is 15.3. The monoisotopic (exact) mass is 381 g/mol. The maximum atomic E-state index is 12.8. The second kappa shape index (κ2) is 10.3. The van der Waals surface area contributed by atoms with Crippen LogP contribution in [0.15, 0.2) is 53.5 Å². The first-order chi connectivity index (χ1) is 13.4. The number of carboxylic acid groups (broad SMARTS) is 1. The molecule has 1 aliphatic heterocycles. The number of nitrogens with one attached hydrogen (secondary N) is 1. The van der Waals surface area contributed by atoms with Crippen molar-refractivity contribution in [1.82, 2.24) is 4.90 Å². The third-order valence-electron chi connectivity index (χ3n) is 4.34. The summed E-state index contributed by atoms with van der Waals surface area (Å²) in [5.41, 5.74) is 3.11. The molecule has 0 aromatic heterocycles. The smallest absolute Gasteiger partial charge is 0.300 e. The molecule has 0 radical (unpaired) electrons. The SMILES string of the molecule is CC(=O)O.Cc1cccc(N=C2CCCCN2C)c1C(=O)Nc1ccccc1. The first kappa shape index (κ1) is 21.2. The predicted molar refractivity (Wildman–Crippen MR) is 112 cm³/mol. The molecule has 6 nitrogen and oxygen atoms in total. The Hall–Kier alpha value is -3.15. The highest BCUT2D eigenvalue weighted by Gasteiger charge is 2.17. The van der Waals surface area contributed by atoms with Crippen LogP contribution < -0.4 is 5.32 Å². The maximum Gasteiger partial charge on any atom is 0.300 e. The molecule has 0 saturated carbocycles. The van der Waals surface area contributed by atoms with Gasteiger partial charge < -0.3 is 15.3 Å². The number of para-hydroxylation sites is 1. The van der Waals surface area contributed by atoms with Crippen molar-refractivity contribution in [1.29, 1.82) is 0 Å². The fraction of sp³-hybridized carbons (Fsp3) is 0.318. The molecule has 1 fully saturated rings. The normalized spacial score (nSPS) is 14.8. The number of carbonyl (C=O) groups excluding carboxylic acids is 1. The summed E-state index contributed by atoms with van der Waals surface area (Å²) in [4.78, 5) is 28.8. The minimum Gasteiger partial charge on any atom is -0.481 e. The van der Waals surface area contributed by atoms with E-state index >= 15 is 0 Å². The highest BCUT2D eigenvalue weighted by molar-refractivity contribution is 6.09. The van der Waals surface area contributed by atoms with E-state index in [0.717, 1.165) is 49.1 Å². The van der Waals surface area contributed by atoms with Crippen molar-refractivity contribution in [3.63, 3.8) is 0 Å². The molecule has 2 N–H and O–H groups in total. The number of aliphatic imine (C=N–C) groups is 1. The Balaban J connectivity index is 0.000000640. The van der Waals surface area contributed by atoms with Crippen molar-refractivity contribution in [3.8, 4) is 0 Å². The van der Waals surface area contributed by atoms with Gasteiger partial charge in [0.05, 0.1) is 11.3 Å². The van der Waals surface area contributed by atoms with Gasteiger partial charge in [-0.15, -0.1) is 0 Å². The van der Waals surface area contributed by atoms with Crippen LogP contribution in [0.1, 0.15) is 42.1 Å². The van der Waals surface area contributed by atoms with Gasteiger partial charge >= 0.3 is 0 Å². The summed E-state index contributed by atoms with van der Waals surface area (Å²) in [6.07, 6.45) is 3.31. The average molecular weight is 381 g/mol. The van der Waals surface area contributed by atoms with E-state index in [2.05, 4.69) is 17.3 Å². The molecule has 0 unspecified atom stereocenters. The zero-order chi connectivity index (χ0) is 20.5. The van der Waals surface area contributed by atoms with E-state index in [1.165, 1.54) is 6.42 Å². The number of carboxylic acids is 1. The predicted octanol–water partition coefficient (Wildman–Crippen LogP) is 4.48. The number of benzene rings is 2. The molecular weight excluding hydrogens is 354 g/mol. The molecule has 3 rings (SSSR count). The minimum atomic E-state index is -0.833. The van der Waals surface area contributed by atoms with Crippen molar-refractivity contribution in [2.75, 3.05) is 18.9 Å². The number of amidine groups is 1. The topological polar surface area (TPSA) is 82.0 Å². The van der Waals surface area contributed by atoms with Gasteiger partial charge in [0.1, 0.15) is 5.84 Å². The van der Waals surface area contributed by atoms with Crippen molar-refractivity contribution in [2.45, 2.75) is 33.1 Å². The first-order valence-electron chi connectivity index (χ1n) is 9.32. The molecule has 0 spiro atoms. The van der Waals surface area contributed by atoms with Gasteiger partial charge in [0.25, 0.3) is 11.9 Å². The van der Waals surface area contributed by atoms with Crippen LogP contribution in [0.2, 0.25) is 0 Å². The van der Waals surface area contributed by atoms with E-state index in [0.29, 0.717) is 5.56 Å². The molecule has 28 heavy (non-hydrogen) atoms. The number of aryl methyl sites for hydroxylation is 1. The third-order valence-corrected chi connectivity index (χ3v) is 4.34. The number of carbonyl (C=O) groups is 2. The molecule has 1 heterocycles. The number of hydrogen-bond donors (Lipinski definition) is 2. The van der Waals surface area contributed by atoms with Crippen molar-refractivity contribution in [3.05, 3.63) is 59.7 Å². The van der Waals surface area contributed by atoms with Gasteiger partial charge in [0.2, 0.25) is 0 Å². The lowest BCUT2D eigenvalue weighted by Crippen LogP contribution is -2.31. The van der Waals surface area contributed by atoms with Gasteiger partial charge in [-0.2, -0.15) is 0 Å². The quantitative estimate of drug-likeness (QED) is 0.821. The van der Waals surface area contributed by atoms with Gasteiger partial charge in [-0.1, -0.05) is 30.3 Å². The van der Waals surface area contributed by atoms with Gasteiger partial charge in [-0.05, 0) is 43.5 Å². The van der Waals surface area contributed by atoms with E-state index < -0.39 is 5.97 Å². The summed E-state index contributed by atoms with van der Waals surface area (Å²) >= 11 is 0. The highest BCUT2D eigenvalue weighted by atomic mass is 16.4. The van der Waals surface area contributed by atoms with Crippen LogP contribution in [0.25, 0.3) is 0 Å². The van der Waals surface area contributed by atoms with E-state index in [-0.39, 0.29) is 5.91 Å². The summed E-state index contributed by atoms with van der Waals surface area (Å²) in [7, 11) is 2.07. The molecule has 2 aromatic rings. The number of anilines is 1. The molecule has 148 valence electrons. The van der Waals surface area contributed by atoms with Gasteiger partial charge in [-0.25, -0.2) is 4.99 Å². The standard InChI is InChI=1S/C20H23N3O.C2H4O2/c1-15-9-8-12-17(22-18-13-6-7-14-23(18)2)19(15)20(24)21-16-10-4-3-5-11-16;1-2(3)4/h3-5,8-12H,6-7,13-14H2,1-2H3,(H,21,24);1H3,(H,3,4). The fourth-order valence-corrected chi connectivity index (χ4v) is 2.99. The van der Waals surface area contributed by atoms with E-state index in [1.807, 2.05) is 55.5 Å². The summed E-state index contributed by atoms with van der Waals surface area (Å²) in [5.74, 6) is 0.109. The second-order valence-electron chi connectivity index (χ2n) is 6.71. The number of amides is 1. The van der Waals surface area contributed by atoms with Crippen LogP contribution in [0.5, 0.6) is 0 Å². The Kier molecular flexibility index (Phi) is 7.75. The Morgan fingerprint density at radius 3 is 2.39 bits per heavy atom. The number of piperidine rings is 1. The molecule has 0 aliphatic carbocycles. The molecule has 2 aromatic carbocycles. The second-order valence-corrected chi connectivity index (χ2v) is 6.71. The number of rotatable bonds is 3. The molecule has 6 heteroatoms. The fourth-order valence-electron chi connectivity index (χ4n) is 2.99. The van der Waals surface area contributed by atoms with E-state index in [1.54, 1.807) is 0 Å². The molecular formula is C22H27N3O3. The average Bonchev–Trinajstić information content (AvgIpc) is 2.64. The lowest BCUT2D eigenvalue weighted by Gasteiger charge is -2.26. The number of likely N-dealkylation sites (tertiary alicyclic amines) is 1. The summed E-state index contributed by atoms with van der Waals surface area (Å²) < 4.78 is 0. The molecule has 1 saturated heterocycles. The van der Waals surface area contributed by atoms with Crippen molar-refractivity contribution < 1.29 is 14.7 Å². The Morgan fingerprint density at radius 2 is 1.75 bits per heavy atom. The minimum absolute atomic E-state index is 0.114. The van der Waals surface area contributed by atoms with Crippen LogP contribution in [0.3, 0.4) is 0 Å². The zero-order valence-corrected chi connectivity index (χ0v) is 16.6. The van der Waals surface area contributed by atoms with Crippen molar-refractivity contribution in [2.24, 2.45) is 4.99 Å². The van der Waals surface area contributed by atoms with Gasteiger partial charge in [0, 0.05) is 32.6 Å². The Bertz CT molecular complexity index is 843. The zero-order valence-electron chi connectivity index (χ0n) is 16.6. The van der Waals surface area contributed by atoms with Crippen LogP contribution >= 0.6 is 0 Å². The summed E-state index contributed by atoms with van der Waals surface area (Å²) in [6.45, 7) is 4.06. The molecule has 0 atom stereocenters. The largest absolute Gasteiger partial charge is 0.481 e. The number of aliphatic carboxylic acids is 1. The first-order valence-corrected chi connectivity index (χ1v) is 9.32. The molecule has 1 amide bonds.